The van der Waals surface area contributed by atoms with Crippen LogP contribution in [0.2, 0.25) is 0 Å². The third kappa shape index (κ3) is 3.35. The molecular weight excluding hydrogens is 336 g/mol. The second kappa shape index (κ2) is 7.07. The first-order chi connectivity index (χ1) is 12.4. The van der Waals surface area contributed by atoms with Gasteiger partial charge in [-0.1, -0.05) is 18.2 Å². The second-order valence-electron chi connectivity index (χ2n) is 6.18. The highest BCUT2D eigenvalue weighted by atomic mass is 19.1. The fraction of sp³-hybridized carbons (Fsp3) is 0.200. The zero-order chi connectivity index (χ0) is 18.8. The van der Waals surface area contributed by atoms with Gasteiger partial charge in [0, 0.05) is 24.8 Å². The number of amides is 1. The van der Waals surface area contributed by atoms with Crippen LogP contribution in [0.15, 0.2) is 48.5 Å². The van der Waals surface area contributed by atoms with Crippen molar-refractivity contribution in [1.29, 1.82) is 0 Å². The number of aromatic nitrogens is 2. The zero-order valence-corrected chi connectivity index (χ0v) is 14.8. The van der Waals surface area contributed by atoms with Crippen molar-refractivity contribution in [3.05, 3.63) is 82.7 Å². The Labute approximate surface area is 150 Å². The Morgan fingerprint density at radius 1 is 1.12 bits per heavy atom. The van der Waals surface area contributed by atoms with Crippen molar-refractivity contribution in [2.45, 2.75) is 20.4 Å². The van der Waals surface area contributed by atoms with Crippen LogP contribution >= 0.6 is 0 Å². The van der Waals surface area contributed by atoms with Crippen molar-refractivity contribution < 1.29 is 13.6 Å². The first-order valence-electron chi connectivity index (χ1n) is 8.19. The van der Waals surface area contributed by atoms with Gasteiger partial charge in [0.2, 0.25) is 0 Å². The van der Waals surface area contributed by atoms with E-state index in [4.69, 9.17) is 0 Å². The van der Waals surface area contributed by atoms with E-state index in [-0.39, 0.29) is 12.1 Å². The fourth-order valence-electron chi connectivity index (χ4n) is 2.90. The third-order valence-electron chi connectivity index (χ3n) is 4.34. The van der Waals surface area contributed by atoms with Crippen molar-refractivity contribution in [3.63, 3.8) is 0 Å². The molecule has 134 valence electrons. The summed E-state index contributed by atoms with van der Waals surface area (Å²) in [5.74, 6) is -1.96. The summed E-state index contributed by atoms with van der Waals surface area (Å²) in [6, 6.07) is 12.5. The molecule has 3 aromatic rings. The van der Waals surface area contributed by atoms with Crippen LogP contribution in [0, 0.1) is 25.5 Å². The minimum atomic E-state index is -0.739. The van der Waals surface area contributed by atoms with Gasteiger partial charge in [0.25, 0.3) is 5.91 Å². The predicted molar refractivity (Wildman–Crippen MR) is 95.2 cm³/mol. The molecule has 0 fully saturated rings. The van der Waals surface area contributed by atoms with Crippen LogP contribution in [0.4, 0.5) is 8.78 Å². The Bertz CT molecular complexity index is 951. The number of halogens is 2. The van der Waals surface area contributed by atoms with Crippen molar-refractivity contribution >= 4 is 5.91 Å². The standard InChI is InChI=1S/C20H19F2N3O/c1-13-18(14(2)25(23-13)16-7-5-4-6-8-16)12-24(3)20(26)17-11-15(21)9-10-19(17)22/h4-11H,12H2,1-3H3. The molecule has 0 aliphatic rings. The van der Waals surface area contributed by atoms with Crippen LogP contribution < -0.4 is 0 Å². The van der Waals surface area contributed by atoms with Gasteiger partial charge in [-0.15, -0.1) is 0 Å². The molecule has 0 atom stereocenters. The maximum absolute atomic E-state index is 13.9. The average molecular weight is 355 g/mol. The van der Waals surface area contributed by atoms with E-state index in [1.54, 1.807) is 7.05 Å². The molecule has 0 N–H and O–H groups in total. The van der Waals surface area contributed by atoms with E-state index in [9.17, 15) is 13.6 Å². The molecule has 1 amide bonds. The lowest BCUT2D eigenvalue weighted by atomic mass is 10.1. The Morgan fingerprint density at radius 2 is 1.81 bits per heavy atom. The predicted octanol–water partition coefficient (Wildman–Crippen LogP) is 4.04. The Hall–Kier alpha value is -3.02. The van der Waals surface area contributed by atoms with Crippen molar-refractivity contribution in [3.8, 4) is 5.69 Å². The Morgan fingerprint density at radius 3 is 2.50 bits per heavy atom. The summed E-state index contributed by atoms with van der Waals surface area (Å²) in [4.78, 5) is 13.9. The van der Waals surface area contributed by atoms with Gasteiger partial charge in [-0.05, 0) is 44.2 Å². The van der Waals surface area contributed by atoms with Crippen molar-refractivity contribution in [2.75, 3.05) is 7.05 Å². The molecule has 0 unspecified atom stereocenters. The molecule has 26 heavy (non-hydrogen) atoms. The van der Waals surface area contributed by atoms with E-state index in [0.29, 0.717) is 0 Å². The number of nitrogens with zero attached hydrogens (tertiary/aromatic N) is 3. The first-order valence-corrected chi connectivity index (χ1v) is 8.19. The number of carbonyl (C=O) groups excluding carboxylic acids is 1. The SMILES string of the molecule is Cc1nn(-c2ccccc2)c(C)c1CN(C)C(=O)c1cc(F)ccc1F. The molecule has 4 nitrogen and oxygen atoms in total. The number of hydrogen-bond donors (Lipinski definition) is 0. The molecule has 0 aliphatic carbocycles. The van der Waals surface area contributed by atoms with Crippen molar-refractivity contribution in [2.24, 2.45) is 0 Å². The highest BCUT2D eigenvalue weighted by molar-refractivity contribution is 5.94. The largest absolute Gasteiger partial charge is 0.337 e. The topological polar surface area (TPSA) is 38.1 Å². The lowest BCUT2D eigenvalue weighted by Gasteiger charge is -2.18. The smallest absolute Gasteiger partial charge is 0.256 e. The molecule has 0 spiro atoms. The van der Waals surface area contributed by atoms with Crippen LogP contribution in [0.5, 0.6) is 0 Å². The summed E-state index contributed by atoms with van der Waals surface area (Å²) in [6.07, 6.45) is 0. The van der Waals surface area contributed by atoms with Gasteiger partial charge >= 0.3 is 0 Å². The van der Waals surface area contributed by atoms with Gasteiger partial charge in [0.15, 0.2) is 0 Å². The van der Waals surface area contributed by atoms with Crippen LogP contribution in [-0.4, -0.2) is 27.6 Å². The normalized spacial score (nSPS) is 10.8. The first kappa shape index (κ1) is 17.8. The van der Waals surface area contributed by atoms with Crippen LogP contribution in [-0.2, 0) is 6.54 Å². The maximum Gasteiger partial charge on any atom is 0.256 e. The van der Waals surface area contributed by atoms with Gasteiger partial charge in [-0.3, -0.25) is 4.79 Å². The van der Waals surface area contributed by atoms with Gasteiger partial charge in [0.1, 0.15) is 11.6 Å². The molecule has 0 bridgehead atoms. The molecule has 1 aromatic heterocycles. The van der Waals surface area contributed by atoms with E-state index in [0.717, 1.165) is 40.8 Å². The lowest BCUT2D eigenvalue weighted by Crippen LogP contribution is -2.27. The molecule has 1 heterocycles. The number of hydrogen-bond acceptors (Lipinski definition) is 2. The van der Waals surface area contributed by atoms with Crippen LogP contribution in [0.1, 0.15) is 27.3 Å². The summed E-state index contributed by atoms with van der Waals surface area (Å²) >= 11 is 0. The number of rotatable bonds is 4. The van der Waals surface area contributed by atoms with Gasteiger partial charge < -0.3 is 4.90 Å². The van der Waals surface area contributed by atoms with Crippen molar-refractivity contribution in [1.82, 2.24) is 14.7 Å². The fourth-order valence-corrected chi connectivity index (χ4v) is 2.90. The second-order valence-corrected chi connectivity index (χ2v) is 6.18. The summed E-state index contributed by atoms with van der Waals surface area (Å²) in [6.45, 7) is 4.03. The lowest BCUT2D eigenvalue weighted by molar-refractivity contribution is 0.0779. The van der Waals surface area contributed by atoms with Gasteiger partial charge in [-0.25, -0.2) is 13.5 Å². The Balaban J connectivity index is 1.88. The van der Waals surface area contributed by atoms with Gasteiger partial charge in [-0.2, -0.15) is 5.10 Å². The quantitative estimate of drug-likeness (QED) is 0.708. The maximum atomic E-state index is 13.9. The molecule has 2 aromatic carbocycles. The minimum absolute atomic E-state index is 0.249. The molecule has 6 heteroatoms. The molecular formula is C20H19F2N3O. The van der Waals surface area contributed by atoms with E-state index in [1.165, 1.54) is 4.90 Å². The Kier molecular flexibility index (Phi) is 4.84. The van der Waals surface area contributed by atoms with Crippen LogP contribution in [0.25, 0.3) is 5.69 Å². The van der Waals surface area contributed by atoms with Gasteiger partial charge in [0.05, 0.1) is 16.9 Å². The number of aryl methyl sites for hydroxylation is 1. The highest BCUT2D eigenvalue weighted by Crippen LogP contribution is 2.20. The van der Waals surface area contributed by atoms with Crippen LogP contribution in [0.3, 0.4) is 0 Å². The monoisotopic (exact) mass is 355 g/mol. The van der Waals surface area contributed by atoms with E-state index >= 15 is 0 Å². The zero-order valence-electron chi connectivity index (χ0n) is 14.8. The molecule has 0 radical (unpaired) electrons. The number of carbonyl (C=O) groups is 1. The summed E-state index contributed by atoms with van der Waals surface area (Å²) in [5.41, 5.74) is 3.20. The highest BCUT2D eigenvalue weighted by Gasteiger charge is 2.20. The molecule has 3 rings (SSSR count). The summed E-state index contributed by atoms with van der Waals surface area (Å²) in [7, 11) is 1.56. The average Bonchev–Trinajstić information content (AvgIpc) is 2.92. The summed E-state index contributed by atoms with van der Waals surface area (Å²) in [5, 5.41) is 4.54. The van der Waals surface area contributed by atoms with E-state index in [1.807, 2.05) is 48.9 Å². The molecule has 0 aliphatic heterocycles. The van der Waals surface area contributed by atoms with E-state index < -0.39 is 17.5 Å². The van der Waals surface area contributed by atoms with E-state index in [2.05, 4.69) is 5.10 Å². The number of para-hydroxylation sites is 1. The third-order valence-corrected chi connectivity index (χ3v) is 4.34. The molecule has 0 saturated heterocycles. The summed E-state index contributed by atoms with van der Waals surface area (Å²) < 4.78 is 29.1. The minimum Gasteiger partial charge on any atom is -0.337 e. The molecule has 0 saturated carbocycles. The number of benzene rings is 2.